The predicted octanol–water partition coefficient (Wildman–Crippen LogP) is 4.55. The van der Waals surface area contributed by atoms with Crippen molar-refractivity contribution in [2.75, 3.05) is 18.6 Å². The molecule has 4 nitrogen and oxygen atoms in total. The summed E-state index contributed by atoms with van der Waals surface area (Å²) in [6, 6.07) is 26.1. The molecule has 4 heteroatoms. The lowest BCUT2D eigenvalue weighted by Crippen LogP contribution is -2.39. The molecule has 1 aliphatic rings. The molecule has 28 heavy (non-hydrogen) atoms. The molecule has 0 aliphatic carbocycles. The average molecular weight is 369 g/mol. The first-order valence-corrected chi connectivity index (χ1v) is 9.41. The number of aryl methyl sites for hydroxylation is 1. The van der Waals surface area contributed by atoms with Crippen LogP contribution in [0.1, 0.15) is 16.7 Å². The summed E-state index contributed by atoms with van der Waals surface area (Å²) in [6.07, 6.45) is 0. The smallest absolute Gasteiger partial charge is 0.278 e. The summed E-state index contributed by atoms with van der Waals surface area (Å²) in [5.74, 6) is -0.0540. The molecule has 0 radical (unpaired) electrons. The van der Waals surface area contributed by atoms with Gasteiger partial charge in [-0.2, -0.15) is 0 Å². The molecule has 3 aromatic carbocycles. The number of para-hydroxylation sites is 1. The Balaban J connectivity index is 1.60. The fourth-order valence-electron chi connectivity index (χ4n) is 3.45. The maximum Gasteiger partial charge on any atom is 0.278 e. The van der Waals surface area contributed by atoms with Crippen molar-refractivity contribution in [1.29, 1.82) is 0 Å². The first kappa shape index (κ1) is 18.1. The van der Waals surface area contributed by atoms with Gasteiger partial charge in [-0.15, -0.1) is 0 Å². The lowest BCUT2D eigenvalue weighted by molar-refractivity contribution is -0.112. The molecule has 0 aromatic heterocycles. The highest BCUT2D eigenvalue weighted by molar-refractivity contribution is 6.54. The summed E-state index contributed by atoms with van der Waals surface area (Å²) in [7, 11) is 2.03. The number of carbonyl (C=O) groups is 1. The second kappa shape index (κ2) is 7.79. The van der Waals surface area contributed by atoms with Crippen LogP contribution in [0.5, 0.6) is 0 Å². The molecule has 0 saturated carbocycles. The second-order valence-corrected chi connectivity index (χ2v) is 7.19. The van der Waals surface area contributed by atoms with E-state index < -0.39 is 0 Å². The molecule has 1 heterocycles. The van der Waals surface area contributed by atoms with Crippen LogP contribution < -0.4 is 4.90 Å². The van der Waals surface area contributed by atoms with E-state index in [9.17, 15) is 4.79 Å². The highest BCUT2D eigenvalue weighted by atomic mass is 16.2. The van der Waals surface area contributed by atoms with E-state index in [1.54, 1.807) is 0 Å². The van der Waals surface area contributed by atoms with Gasteiger partial charge >= 0.3 is 0 Å². The van der Waals surface area contributed by atoms with Crippen molar-refractivity contribution in [3.8, 4) is 0 Å². The number of hydrogen-bond donors (Lipinski definition) is 0. The molecule has 0 bridgehead atoms. The van der Waals surface area contributed by atoms with Gasteiger partial charge in [0.05, 0.1) is 18.0 Å². The van der Waals surface area contributed by atoms with Crippen molar-refractivity contribution in [3.63, 3.8) is 0 Å². The maximum atomic E-state index is 13.2. The van der Waals surface area contributed by atoms with Crippen LogP contribution in [0.2, 0.25) is 0 Å². The zero-order chi connectivity index (χ0) is 19.5. The summed E-state index contributed by atoms with van der Waals surface area (Å²) >= 11 is 0. The minimum absolute atomic E-state index is 0.0540. The van der Waals surface area contributed by atoms with E-state index in [2.05, 4.69) is 22.0 Å². The van der Waals surface area contributed by atoms with Gasteiger partial charge in [0, 0.05) is 12.1 Å². The van der Waals surface area contributed by atoms with Crippen molar-refractivity contribution in [2.45, 2.75) is 13.5 Å². The van der Waals surface area contributed by atoms with Gasteiger partial charge in [0.2, 0.25) is 0 Å². The summed E-state index contributed by atoms with van der Waals surface area (Å²) in [4.78, 5) is 21.8. The van der Waals surface area contributed by atoms with Gasteiger partial charge in [-0.25, -0.2) is 4.99 Å². The molecule has 140 valence electrons. The quantitative estimate of drug-likeness (QED) is 0.661. The van der Waals surface area contributed by atoms with Crippen LogP contribution in [-0.4, -0.2) is 30.2 Å². The van der Waals surface area contributed by atoms with Crippen molar-refractivity contribution in [2.24, 2.45) is 4.99 Å². The third-order valence-corrected chi connectivity index (χ3v) is 4.85. The van der Waals surface area contributed by atoms with Crippen LogP contribution in [0.25, 0.3) is 0 Å². The monoisotopic (exact) mass is 369 g/mol. The van der Waals surface area contributed by atoms with Crippen LogP contribution in [0.3, 0.4) is 0 Å². The highest BCUT2D eigenvalue weighted by Crippen LogP contribution is 2.31. The van der Waals surface area contributed by atoms with E-state index in [4.69, 9.17) is 0 Å². The number of aliphatic imine (C=N–C) groups is 1. The van der Waals surface area contributed by atoms with Crippen LogP contribution in [0.4, 0.5) is 11.4 Å². The van der Waals surface area contributed by atoms with Gasteiger partial charge in [0.1, 0.15) is 5.71 Å². The number of hydrogen-bond acceptors (Lipinski definition) is 3. The van der Waals surface area contributed by atoms with Gasteiger partial charge in [-0.05, 0) is 37.7 Å². The number of nitrogens with zero attached hydrogens (tertiary/aromatic N) is 3. The van der Waals surface area contributed by atoms with Gasteiger partial charge in [0.25, 0.3) is 5.91 Å². The van der Waals surface area contributed by atoms with Crippen LogP contribution in [0.15, 0.2) is 83.9 Å². The Labute approximate surface area is 165 Å². The number of benzene rings is 3. The first-order chi connectivity index (χ1) is 13.6. The summed E-state index contributed by atoms with van der Waals surface area (Å²) in [5, 5.41) is 0. The predicted molar refractivity (Wildman–Crippen MR) is 114 cm³/mol. The summed E-state index contributed by atoms with van der Waals surface area (Å²) in [6.45, 7) is 3.33. The van der Waals surface area contributed by atoms with E-state index in [1.807, 2.05) is 85.6 Å². The van der Waals surface area contributed by atoms with Gasteiger partial charge in [-0.1, -0.05) is 66.2 Å². The molecule has 0 fully saturated rings. The van der Waals surface area contributed by atoms with Crippen molar-refractivity contribution in [3.05, 3.63) is 95.6 Å². The lowest BCUT2D eigenvalue weighted by atomic mass is 10.1. The molecule has 4 rings (SSSR count). The molecule has 0 N–H and O–H groups in total. The van der Waals surface area contributed by atoms with E-state index in [0.717, 1.165) is 23.5 Å². The molecular formula is C24H23N3O. The zero-order valence-electron chi connectivity index (χ0n) is 16.2. The number of fused-ring (bicyclic) bond motifs is 1. The fourth-order valence-corrected chi connectivity index (χ4v) is 3.45. The van der Waals surface area contributed by atoms with Crippen molar-refractivity contribution >= 4 is 23.0 Å². The number of anilines is 1. The van der Waals surface area contributed by atoms with E-state index in [1.165, 1.54) is 11.1 Å². The number of amides is 1. The van der Waals surface area contributed by atoms with E-state index >= 15 is 0 Å². The largest absolute Gasteiger partial charge is 0.293 e. The zero-order valence-corrected chi connectivity index (χ0v) is 16.2. The minimum atomic E-state index is -0.0540. The molecule has 3 aromatic rings. The number of rotatable bonds is 5. The summed E-state index contributed by atoms with van der Waals surface area (Å²) in [5.41, 5.74) is 5.50. The second-order valence-electron chi connectivity index (χ2n) is 7.19. The highest BCUT2D eigenvalue weighted by Gasteiger charge is 2.34. The third kappa shape index (κ3) is 3.73. The van der Waals surface area contributed by atoms with Gasteiger partial charge in [-0.3, -0.25) is 14.6 Å². The average Bonchev–Trinajstić information content (AvgIpc) is 2.96. The Bertz CT molecular complexity index is 1010. The third-order valence-electron chi connectivity index (χ3n) is 4.85. The van der Waals surface area contributed by atoms with Crippen molar-refractivity contribution < 1.29 is 4.79 Å². The fraction of sp³-hybridized carbons (Fsp3) is 0.167. The Morgan fingerprint density at radius 3 is 2.32 bits per heavy atom. The molecule has 0 saturated heterocycles. The standard InChI is InChI=1S/C24H23N3O/c1-18-12-14-20(15-13-18)25-23-21-10-6-7-11-22(21)27(24(23)28)17-26(2)16-19-8-4-3-5-9-19/h3-15H,16-17H2,1-2H3. The Hall–Kier alpha value is -3.24. The van der Waals surface area contributed by atoms with Crippen LogP contribution in [-0.2, 0) is 11.3 Å². The Kier molecular flexibility index (Phi) is 5.04. The molecule has 0 atom stereocenters. The molecule has 0 unspecified atom stereocenters. The molecule has 1 amide bonds. The maximum absolute atomic E-state index is 13.2. The molecule has 1 aliphatic heterocycles. The lowest BCUT2D eigenvalue weighted by Gasteiger charge is -2.24. The van der Waals surface area contributed by atoms with Crippen LogP contribution >= 0.6 is 0 Å². The van der Waals surface area contributed by atoms with E-state index in [-0.39, 0.29) is 5.91 Å². The van der Waals surface area contributed by atoms with E-state index in [0.29, 0.717) is 12.4 Å². The van der Waals surface area contributed by atoms with Gasteiger partial charge in [0.15, 0.2) is 0 Å². The minimum Gasteiger partial charge on any atom is -0.293 e. The van der Waals surface area contributed by atoms with Gasteiger partial charge < -0.3 is 0 Å². The molecule has 0 spiro atoms. The number of carbonyl (C=O) groups excluding carboxylic acids is 1. The summed E-state index contributed by atoms with van der Waals surface area (Å²) < 4.78 is 0. The topological polar surface area (TPSA) is 35.9 Å². The Morgan fingerprint density at radius 1 is 0.893 bits per heavy atom. The normalized spacial score (nSPS) is 14.8. The first-order valence-electron chi connectivity index (χ1n) is 9.41. The SMILES string of the molecule is Cc1ccc(N=C2C(=O)N(CN(C)Cc3ccccc3)c3ccccc32)cc1. The van der Waals surface area contributed by atoms with Crippen molar-refractivity contribution in [1.82, 2.24) is 4.90 Å². The van der Waals surface area contributed by atoms with Crippen LogP contribution in [0, 0.1) is 6.92 Å². The Morgan fingerprint density at radius 2 is 1.57 bits per heavy atom. The molecular weight excluding hydrogens is 346 g/mol.